The number of hydrogen-bond donors (Lipinski definition) is 0. The molecule has 0 aromatic heterocycles. The first-order valence-electron chi connectivity index (χ1n) is 12.2. The smallest absolute Gasteiger partial charge is 0.238 e. The van der Waals surface area contributed by atoms with Gasteiger partial charge in [-0.1, -0.05) is 23.3 Å². The second-order valence-electron chi connectivity index (χ2n) is 10.6. The molecule has 4 heteroatoms. The van der Waals surface area contributed by atoms with Crippen molar-refractivity contribution in [3.63, 3.8) is 0 Å². The lowest BCUT2D eigenvalue weighted by molar-refractivity contribution is -0.122. The van der Waals surface area contributed by atoms with Crippen LogP contribution in [0.2, 0.25) is 0 Å². The highest BCUT2D eigenvalue weighted by molar-refractivity contribution is 6.23. The monoisotopic (exact) mass is 415 g/mol. The number of carbonyl (C=O) groups is 2. The van der Waals surface area contributed by atoms with Crippen LogP contribution >= 0.6 is 0 Å². The van der Waals surface area contributed by atoms with E-state index in [1.807, 2.05) is 31.2 Å². The highest BCUT2D eigenvalue weighted by Gasteiger charge is 2.63. The van der Waals surface area contributed by atoms with E-state index in [4.69, 9.17) is 4.74 Å². The van der Waals surface area contributed by atoms with Crippen molar-refractivity contribution >= 4 is 17.5 Å². The molecule has 4 unspecified atom stereocenters. The van der Waals surface area contributed by atoms with Crippen molar-refractivity contribution in [2.75, 3.05) is 11.5 Å². The van der Waals surface area contributed by atoms with Gasteiger partial charge in [0.25, 0.3) is 0 Å². The second kappa shape index (κ2) is 6.34. The lowest BCUT2D eigenvalue weighted by atomic mass is 9.53. The lowest BCUT2D eigenvalue weighted by Crippen LogP contribution is -2.41. The minimum atomic E-state index is -0.200. The summed E-state index contributed by atoms with van der Waals surface area (Å²) in [6.45, 7) is 2.54. The van der Waals surface area contributed by atoms with Crippen LogP contribution in [0.15, 0.2) is 47.6 Å². The Hall–Kier alpha value is -2.36. The van der Waals surface area contributed by atoms with Gasteiger partial charge in [-0.2, -0.15) is 0 Å². The third-order valence-electron chi connectivity index (χ3n) is 9.17. The van der Waals surface area contributed by atoms with Crippen LogP contribution in [0.1, 0.15) is 39.0 Å². The van der Waals surface area contributed by atoms with Gasteiger partial charge >= 0.3 is 0 Å². The molecule has 1 aromatic carbocycles. The normalized spacial score (nSPS) is 41.6. The number of rotatable bonds is 3. The third kappa shape index (κ3) is 2.37. The van der Waals surface area contributed by atoms with Crippen LogP contribution in [0.25, 0.3) is 0 Å². The first-order chi connectivity index (χ1) is 15.1. The number of benzene rings is 1. The van der Waals surface area contributed by atoms with Gasteiger partial charge in [0.2, 0.25) is 11.8 Å². The van der Waals surface area contributed by atoms with Crippen LogP contribution < -0.4 is 9.64 Å². The van der Waals surface area contributed by atoms with Crippen LogP contribution in [0, 0.1) is 47.3 Å². The number of imide groups is 1. The van der Waals surface area contributed by atoms with Gasteiger partial charge in [-0.25, -0.2) is 4.90 Å². The van der Waals surface area contributed by atoms with E-state index < -0.39 is 0 Å². The van der Waals surface area contributed by atoms with E-state index in [9.17, 15) is 9.59 Å². The molecule has 7 aliphatic rings. The molecule has 4 nitrogen and oxygen atoms in total. The van der Waals surface area contributed by atoms with Crippen LogP contribution in [-0.2, 0) is 9.59 Å². The van der Waals surface area contributed by atoms with Crippen LogP contribution in [0.4, 0.5) is 5.69 Å². The third-order valence-corrected chi connectivity index (χ3v) is 9.17. The summed E-state index contributed by atoms with van der Waals surface area (Å²) in [7, 11) is 0. The summed E-state index contributed by atoms with van der Waals surface area (Å²) in [5.41, 5.74) is 3.86. The minimum Gasteiger partial charge on any atom is -0.494 e. The predicted octanol–water partition coefficient (Wildman–Crippen LogP) is 4.76. The average Bonchev–Trinajstić information content (AvgIpc) is 3.38. The van der Waals surface area contributed by atoms with Gasteiger partial charge < -0.3 is 4.74 Å². The molecule has 4 atom stereocenters. The molecular formula is C27H29NO3. The molecule has 1 aliphatic heterocycles. The summed E-state index contributed by atoms with van der Waals surface area (Å²) in [5, 5.41) is 0. The molecule has 0 spiro atoms. The number of allylic oxidation sites excluding steroid dienone is 4. The predicted molar refractivity (Wildman–Crippen MR) is 117 cm³/mol. The zero-order valence-electron chi connectivity index (χ0n) is 18.0. The summed E-state index contributed by atoms with van der Waals surface area (Å²) in [4.78, 5) is 28.6. The maximum Gasteiger partial charge on any atom is 0.238 e. The molecular weight excluding hydrogens is 386 g/mol. The van der Waals surface area contributed by atoms with Crippen molar-refractivity contribution in [3.05, 3.63) is 47.6 Å². The summed E-state index contributed by atoms with van der Waals surface area (Å²) >= 11 is 0. The highest BCUT2D eigenvalue weighted by atomic mass is 16.5. The Morgan fingerprint density at radius 1 is 0.806 bits per heavy atom. The maximum atomic E-state index is 13.5. The van der Waals surface area contributed by atoms with E-state index in [1.165, 1.54) is 42.6 Å². The van der Waals surface area contributed by atoms with Crippen molar-refractivity contribution in [2.45, 2.75) is 39.0 Å². The van der Waals surface area contributed by atoms with Crippen LogP contribution in [0.3, 0.4) is 0 Å². The molecule has 160 valence electrons. The van der Waals surface area contributed by atoms with Gasteiger partial charge in [-0.15, -0.1) is 0 Å². The van der Waals surface area contributed by atoms with Gasteiger partial charge in [0, 0.05) is 11.8 Å². The molecule has 8 rings (SSSR count). The summed E-state index contributed by atoms with van der Waals surface area (Å²) in [5.74, 6) is 3.95. The molecule has 1 heterocycles. The molecule has 6 bridgehead atoms. The first-order valence-corrected chi connectivity index (χ1v) is 12.2. The standard InChI is InChI=1S/C27H29NO3/c1-2-31-19-5-3-18(4-6-19)28-26(29)24-20-7-8-21(25(24)27(28)30)23(20)22-16-10-14-9-15(12-16)13-17(22)11-14/h3-8,14-17,20-21,24-25H,2,9-13H2,1H3. The molecule has 6 aliphatic carbocycles. The van der Waals surface area contributed by atoms with Crippen molar-refractivity contribution in [1.82, 2.24) is 0 Å². The first kappa shape index (κ1) is 18.2. The molecule has 31 heavy (non-hydrogen) atoms. The van der Waals surface area contributed by atoms with Crippen molar-refractivity contribution in [2.24, 2.45) is 47.3 Å². The highest BCUT2D eigenvalue weighted by Crippen LogP contribution is 2.63. The Morgan fingerprint density at radius 2 is 1.35 bits per heavy atom. The van der Waals surface area contributed by atoms with Gasteiger partial charge in [-0.3, -0.25) is 9.59 Å². The second-order valence-corrected chi connectivity index (χ2v) is 10.6. The van der Waals surface area contributed by atoms with Gasteiger partial charge in [0.1, 0.15) is 5.75 Å². The topological polar surface area (TPSA) is 46.6 Å². The van der Waals surface area contributed by atoms with Crippen LogP contribution in [0.5, 0.6) is 5.75 Å². The molecule has 6 fully saturated rings. The SMILES string of the molecule is CCOc1ccc(N2C(=O)C3C4C=CC(C4=C4C5CC6CC(C5)CC4C6)C3C2=O)cc1. The van der Waals surface area contributed by atoms with E-state index in [0.29, 0.717) is 12.3 Å². The quantitative estimate of drug-likeness (QED) is 0.528. The molecule has 1 aromatic rings. The van der Waals surface area contributed by atoms with E-state index in [-0.39, 0.29) is 35.5 Å². The summed E-state index contributed by atoms with van der Waals surface area (Å²) in [6, 6.07) is 7.38. The summed E-state index contributed by atoms with van der Waals surface area (Å²) < 4.78 is 5.52. The van der Waals surface area contributed by atoms with E-state index in [2.05, 4.69) is 12.2 Å². The Balaban J connectivity index is 1.23. The van der Waals surface area contributed by atoms with Crippen molar-refractivity contribution in [1.29, 1.82) is 0 Å². The number of nitrogens with zero attached hydrogens (tertiary/aromatic N) is 1. The Bertz CT molecular complexity index is 971. The zero-order chi connectivity index (χ0) is 20.9. The number of anilines is 1. The minimum absolute atomic E-state index is 0.00192. The fraction of sp³-hybridized carbons (Fsp3) is 0.556. The Morgan fingerprint density at radius 3 is 1.87 bits per heavy atom. The van der Waals surface area contributed by atoms with Crippen molar-refractivity contribution < 1.29 is 14.3 Å². The molecule has 0 N–H and O–H groups in total. The van der Waals surface area contributed by atoms with Crippen molar-refractivity contribution in [3.8, 4) is 5.75 Å². The molecule has 1 saturated heterocycles. The van der Waals surface area contributed by atoms with Crippen LogP contribution in [-0.4, -0.2) is 18.4 Å². The Kier molecular flexibility index (Phi) is 3.73. The fourth-order valence-electron chi connectivity index (χ4n) is 8.42. The molecule has 5 saturated carbocycles. The molecule has 0 radical (unpaired) electrons. The van der Waals surface area contributed by atoms with E-state index in [0.717, 1.165) is 29.4 Å². The maximum absolute atomic E-state index is 13.5. The zero-order valence-corrected chi connectivity index (χ0v) is 18.0. The van der Waals surface area contributed by atoms with Gasteiger partial charge in [0.15, 0.2) is 0 Å². The number of ether oxygens (including phenoxy) is 1. The van der Waals surface area contributed by atoms with Gasteiger partial charge in [0.05, 0.1) is 24.1 Å². The molecule has 2 amide bonds. The van der Waals surface area contributed by atoms with E-state index >= 15 is 0 Å². The average molecular weight is 416 g/mol. The fourth-order valence-corrected chi connectivity index (χ4v) is 8.42. The number of amides is 2. The van der Waals surface area contributed by atoms with Gasteiger partial charge in [-0.05, 0) is 87.0 Å². The van der Waals surface area contributed by atoms with E-state index in [1.54, 1.807) is 5.57 Å². The summed E-state index contributed by atoms with van der Waals surface area (Å²) in [6.07, 6.45) is 11.3. The number of hydrogen-bond acceptors (Lipinski definition) is 3. The largest absolute Gasteiger partial charge is 0.494 e. The number of fused-ring (bicyclic) bond motifs is 5. The Labute approximate surface area is 183 Å². The number of carbonyl (C=O) groups excluding carboxylic acids is 2. The lowest BCUT2D eigenvalue weighted by Gasteiger charge is -2.52.